The molecule has 0 bridgehead atoms. The van der Waals surface area contributed by atoms with Crippen LogP contribution in [-0.4, -0.2) is 12.0 Å². The van der Waals surface area contributed by atoms with Gasteiger partial charge in [0.2, 0.25) is 0 Å². The molecule has 0 aromatic carbocycles. The highest BCUT2D eigenvalue weighted by Gasteiger charge is 2.26. The minimum absolute atomic E-state index is 0.0456. The second-order valence-electron chi connectivity index (χ2n) is 3.94. The van der Waals surface area contributed by atoms with E-state index in [0.29, 0.717) is 6.42 Å². The fourth-order valence-electron chi connectivity index (χ4n) is 1.53. The van der Waals surface area contributed by atoms with E-state index in [2.05, 4.69) is 0 Å². The molecule has 0 fully saturated rings. The van der Waals surface area contributed by atoms with Crippen LogP contribution in [0.25, 0.3) is 0 Å². The van der Waals surface area contributed by atoms with Gasteiger partial charge in [-0.2, -0.15) is 13.2 Å². The minimum Gasteiger partial charge on any atom is -0.300 e. The monoisotopic (exact) mass is 264 g/mol. The molecule has 1 heterocycles. The first kappa shape index (κ1) is 14.2. The molecule has 0 aliphatic heterocycles. The Morgan fingerprint density at radius 2 is 1.94 bits per heavy atom. The van der Waals surface area contributed by atoms with Gasteiger partial charge in [-0.3, -0.25) is 4.79 Å². The lowest BCUT2D eigenvalue weighted by atomic mass is 10.1. The van der Waals surface area contributed by atoms with Crippen LogP contribution >= 0.6 is 11.3 Å². The highest BCUT2D eigenvalue weighted by molar-refractivity contribution is 7.09. The van der Waals surface area contributed by atoms with Crippen LogP contribution in [0.5, 0.6) is 0 Å². The predicted molar refractivity (Wildman–Crippen MR) is 62.2 cm³/mol. The zero-order chi connectivity index (χ0) is 12.7. The maximum atomic E-state index is 11.8. The molecule has 0 unspecified atom stereocenters. The second kappa shape index (κ2) is 6.79. The molecule has 0 aliphatic rings. The topological polar surface area (TPSA) is 17.1 Å². The Labute approximate surface area is 103 Å². The molecule has 1 aromatic heterocycles. The van der Waals surface area contributed by atoms with Gasteiger partial charge < -0.3 is 0 Å². The van der Waals surface area contributed by atoms with Crippen molar-refractivity contribution in [2.75, 3.05) is 0 Å². The summed E-state index contributed by atoms with van der Waals surface area (Å²) in [5.41, 5.74) is 0. The Bertz CT molecular complexity index is 330. The second-order valence-corrected chi connectivity index (χ2v) is 4.97. The van der Waals surface area contributed by atoms with Gasteiger partial charge in [-0.15, -0.1) is 11.3 Å². The van der Waals surface area contributed by atoms with Crippen LogP contribution in [0.1, 0.15) is 37.0 Å². The van der Waals surface area contributed by atoms with E-state index in [1.54, 1.807) is 11.3 Å². The SMILES string of the molecule is O=C(CCCc1cccs1)CCCC(F)(F)F. The summed E-state index contributed by atoms with van der Waals surface area (Å²) in [5, 5.41) is 1.97. The van der Waals surface area contributed by atoms with E-state index in [0.717, 1.165) is 12.8 Å². The zero-order valence-electron chi connectivity index (χ0n) is 9.43. The quantitative estimate of drug-likeness (QED) is 0.714. The summed E-state index contributed by atoms with van der Waals surface area (Å²) in [7, 11) is 0. The third-order valence-corrected chi connectivity index (χ3v) is 3.31. The van der Waals surface area contributed by atoms with E-state index in [1.165, 1.54) is 4.88 Å². The smallest absolute Gasteiger partial charge is 0.300 e. The standard InChI is InChI=1S/C12H15F3OS/c13-12(14,15)8-2-5-10(16)4-1-6-11-7-3-9-17-11/h3,7,9H,1-2,4-6,8H2. The van der Waals surface area contributed by atoms with Crippen molar-refractivity contribution in [2.24, 2.45) is 0 Å². The largest absolute Gasteiger partial charge is 0.389 e. The van der Waals surface area contributed by atoms with Crippen molar-refractivity contribution in [1.29, 1.82) is 0 Å². The van der Waals surface area contributed by atoms with Crippen molar-refractivity contribution < 1.29 is 18.0 Å². The number of ketones is 1. The zero-order valence-corrected chi connectivity index (χ0v) is 10.2. The van der Waals surface area contributed by atoms with Crippen LogP contribution in [0.15, 0.2) is 17.5 Å². The lowest BCUT2D eigenvalue weighted by Crippen LogP contribution is -2.08. The summed E-state index contributed by atoms with van der Waals surface area (Å²) in [4.78, 5) is 12.5. The molecule has 1 rings (SSSR count). The summed E-state index contributed by atoms with van der Waals surface area (Å²) in [6.07, 6.45) is -3.09. The molecule has 0 atom stereocenters. The Morgan fingerprint density at radius 1 is 1.24 bits per heavy atom. The molecule has 1 nitrogen and oxygen atoms in total. The van der Waals surface area contributed by atoms with Crippen LogP contribution in [0, 0.1) is 0 Å². The third kappa shape index (κ3) is 7.15. The molecular weight excluding hydrogens is 249 g/mol. The molecule has 17 heavy (non-hydrogen) atoms. The molecule has 1 aromatic rings. The van der Waals surface area contributed by atoms with E-state index in [1.807, 2.05) is 17.5 Å². The van der Waals surface area contributed by atoms with Gasteiger partial charge in [0.05, 0.1) is 0 Å². The number of alkyl halides is 3. The first-order valence-corrected chi connectivity index (χ1v) is 6.46. The van der Waals surface area contributed by atoms with Crippen LogP contribution in [0.4, 0.5) is 13.2 Å². The van der Waals surface area contributed by atoms with Gasteiger partial charge in [-0.1, -0.05) is 6.07 Å². The van der Waals surface area contributed by atoms with E-state index in [9.17, 15) is 18.0 Å². The van der Waals surface area contributed by atoms with Gasteiger partial charge in [-0.25, -0.2) is 0 Å². The van der Waals surface area contributed by atoms with Crippen LogP contribution in [-0.2, 0) is 11.2 Å². The Morgan fingerprint density at radius 3 is 2.53 bits per heavy atom. The molecule has 0 amide bonds. The van der Waals surface area contributed by atoms with Gasteiger partial charge in [0, 0.05) is 24.1 Å². The fraction of sp³-hybridized carbons (Fsp3) is 0.583. The van der Waals surface area contributed by atoms with Gasteiger partial charge >= 0.3 is 6.18 Å². The van der Waals surface area contributed by atoms with Crippen molar-refractivity contribution in [3.8, 4) is 0 Å². The number of rotatable bonds is 7. The highest BCUT2D eigenvalue weighted by atomic mass is 32.1. The Kier molecular flexibility index (Phi) is 5.68. The Hall–Kier alpha value is -0.840. The third-order valence-electron chi connectivity index (χ3n) is 2.37. The average Bonchev–Trinajstić information content (AvgIpc) is 2.68. The summed E-state index contributed by atoms with van der Waals surface area (Å²) < 4.78 is 35.5. The molecule has 0 radical (unpaired) electrons. The summed E-state index contributed by atoms with van der Waals surface area (Å²) in [5.74, 6) is -0.0641. The fourth-order valence-corrected chi connectivity index (χ4v) is 2.28. The first-order valence-electron chi connectivity index (χ1n) is 5.58. The number of aryl methyl sites for hydroxylation is 1. The minimum atomic E-state index is -4.14. The maximum Gasteiger partial charge on any atom is 0.389 e. The van der Waals surface area contributed by atoms with Crippen LogP contribution in [0.3, 0.4) is 0 Å². The van der Waals surface area contributed by atoms with E-state index in [4.69, 9.17) is 0 Å². The van der Waals surface area contributed by atoms with E-state index in [-0.39, 0.29) is 18.6 Å². The van der Waals surface area contributed by atoms with Gasteiger partial charge in [0.15, 0.2) is 0 Å². The number of carbonyl (C=O) groups is 1. The summed E-state index contributed by atoms with van der Waals surface area (Å²) >= 11 is 1.64. The number of hydrogen-bond donors (Lipinski definition) is 0. The lowest BCUT2D eigenvalue weighted by Gasteiger charge is -2.05. The molecule has 96 valence electrons. The highest BCUT2D eigenvalue weighted by Crippen LogP contribution is 2.22. The van der Waals surface area contributed by atoms with Gasteiger partial charge in [0.1, 0.15) is 5.78 Å². The van der Waals surface area contributed by atoms with Crippen LogP contribution in [0.2, 0.25) is 0 Å². The van der Waals surface area contributed by atoms with Crippen molar-refractivity contribution in [1.82, 2.24) is 0 Å². The van der Waals surface area contributed by atoms with Gasteiger partial charge in [0.25, 0.3) is 0 Å². The number of hydrogen-bond acceptors (Lipinski definition) is 2. The number of carbonyl (C=O) groups excluding carboxylic acids is 1. The molecule has 0 saturated carbocycles. The first-order chi connectivity index (χ1) is 7.97. The summed E-state index contributed by atoms with van der Waals surface area (Å²) in [6.45, 7) is 0. The Balaban J connectivity index is 2.05. The average molecular weight is 264 g/mol. The summed E-state index contributed by atoms with van der Waals surface area (Å²) in [6, 6.07) is 3.95. The van der Waals surface area contributed by atoms with Crippen molar-refractivity contribution >= 4 is 17.1 Å². The van der Waals surface area contributed by atoms with Crippen molar-refractivity contribution in [2.45, 2.75) is 44.7 Å². The maximum absolute atomic E-state index is 11.8. The van der Waals surface area contributed by atoms with Crippen molar-refractivity contribution in [3.63, 3.8) is 0 Å². The van der Waals surface area contributed by atoms with Crippen molar-refractivity contribution in [3.05, 3.63) is 22.4 Å². The molecule has 0 saturated heterocycles. The predicted octanol–water partition coefficient (Wildman–Crippen LogP) is 4.37. The van der Waals surface area contributed by atoms with Crippen LogP contribution < -0.4 is 0 Å². The molecule has 5 heteroatoms. The van der Waals surface area contributed by atoms with E-state index >= 15 is 0 Å². The number of Topliss-reactive ketones (excluding diaryl/α,β-unsaturated/α-hetero) is 1. The molecule has 0 N–H and O–H groups in total. The van der Waals surface area contributed by atoms with Gasteiger partial charge in [-0.05, 0) is 30.7 Å². The molecular formula is C12H15F3OS. The van der Waals surface area contributed by atoms with E-state index < -0.39 is 12.6 Å². The lowest BCUT2D eigenvalue weighted by molar-refractivity contribution is -0.137. The molecule has 0 aliphatic carbocycles. The molecule has 0 spiro atoms. The normalized spacial score (nSPS) is 11.7. The number of thiophene rings is 1. The number of halogens is 3.